The van der Waals surface area contributed by atoms with Crippen LogP contribution in [-0.4, -0.2) is 17.5 Å². The maximum absolute atomic E-state index is 12.4. The summed E-state index contributed by atoms with van der Waals surface area (Å²) in [6.07, 6.45) is -4.09. The van der Waals surface area contributed by atoms with Crippen LogP contribution in [0, 0.1) is 13.8 Å². The van der Waals surface area contributed by atoms with Crippen molar-refractivity contribution in [2.45, 2.75) is 26.4 Å². The first-order chi connectivity index (χ1) is 10.7. The van der Waals surface area contributed by atoms with Gasteiger partial charge in [-0.05, 0) is 37.1 Å². The van der Waals surface area contributed by atoms with E-state index in [1.54, 1.807) is 0 Å². The number of halogens is 4. The lowest BCUT2D eigenvalue weighted by Crippen LogP contribution is -2.23. The van der Waals surface area contributed by atoms with Gasteiger partial charge in [0, 0.05) is 24.0 Å². The Morgan fingerprint density at radius 3 is 2.42 bits per heavy atom. The number of aromatic nitrogens is 1. The third-order valence-electron chi connectivity index (χ3n) is 2.94. The summed E-state index contributed by atoms with van der Waals surface area (Å²) in [7, 11) is 0. The Balaban J connectivity index is 0.00000288. The van der Waals surface area contributed by atoms with Gasteiger partial charge in [-0.2, -0.15) is 13.2 Å². The highest BCUT2D eigenvalue weighted by Crippen LogP contribution is 2.30. The molecule has 4 nitrogen and oxygen atoms in total. The van der Waals surface area contributed by atoms with Crippen LogP contribution in [0.15, 0.2) is 28.6 Å². The molecule has 0 unspecified atom stereocenters. The molecule has 0 amide bonds. The molecule has 0 atom stereocenters. The number of nitrogens with two attached hydrogens (primary N) is 1. The summed E-state index contributed by atoms with van der Waals surface area (Å²) in [6.45, 7) is 4.23. The number of rotatable bonds is 4. The minimum atomic E-state index is -4.40. The fourth-order valence-electron chi connectivity index (χ4n) is 2.06. The second kappa shape index (κ2) is 8.65. The fourth-order valence-corrected chi connectivity index (χ4v) is 2.86. The summed E-state index contributed by atoms with van der Waals surface area (Å²) in [5, 5.41) is 4.37. The Hall–Kier alpha value is -1.36. The van der Waals surface area contributed by atoms with E-state index in [-0.39, 0.29) is 36.5 Å². The summed E-state index contributed by atoms with van der Waals surface area (Å²) in [5.41, 5.74) is 7.96. The van der Waals surface area contributed by atoms with Gasteiger partial charge in [0.25, 0.3) is 0 Å². The molecule has 0 aliphatic carbocycles. The molecule has 132 valence electrons. The molecule has 9 heteroatoms. The highest BCUT2D eigenvalue weighted by Gasteiger charge is 2.33. The van der Waals surface area contributed by atoms with Crippen LogP contribution in [0.25, 0.3) is 0 Å². The first-order valence-electron chi connectivity index (χ1n) is 6.91. The van der Waals surface area contributed by atoms with Crippen molar-refractivity contribution in [3.63, 3.8) is 0 Å². The maximum Gasteiger partial charge on any atom is 0.434 e. The molecule has 1 heterocycles. The summed E-state index contributed by atoms with van der Waals surface area (Å²) < 4.78 is 37.3. The Labute approximate surface area is 159 Å². The van der Waals surface area contributed by atoms with Crippen molar-refractivity contribution in [1.29, 1.82) is 0 Å². The number of benzene rings is 1. The second-order valence-corrected chi connectivity index (χ2v) is 6.09. The molecular formula is C15H18F3IN4S. The lowest BCUT2D eigenvalue weighted by atomic mass is 10.1. The van der Waals surface area contributed by atoms with Crippen LogP contribution in [0.2, 0.25) is 0 Å². The quantitative estimate of drug-likeness (QED) is 0.397. The van der Waals surface area contributed by atoms with Crippen molar-refractivity contribution in [1.82, 2.24) is 4.98 Å². The topological polar surface area (TPSA) is 63.3 Å². The molecule has 24 heavy (non-hydrogen) atoms. The fraction of sp³-hybridized carbons (Fsp3) is 0.333. The summed E-state index contributed by atoms with van der Waals surface area (Å²) in [4.78, 5) is 7.66. The molecule has 1 aromatic carbocycles. The minimum absolute atomic E-state index is 0. The number of nitrogens with one attached hydrogen (secondary N) is 1. The summed E-state index contributed by atoms with van der Waals surface area (Å²) in [6, 6.07) is 5.91. The first kappa shape index (κ1) is 20.7. The monoisotopic (exact) mass is 470 g/mol. The largest absolute Gasteiger partial charge is 0.434 e. The van der Waals surface area contributed by atoms with Gasteiger partial charge in [0.15, 0.2) is 11.7 Å². The van der Waals surface area contributed by atoms with E-state index in [0.717, 1.165) is 33.5 Å². The average Bonchev–Trinajstić information content (AvgIpc) is 2.86. The van der Waals surface area contributed by atoms with Crippen LogP contribution in [-0.2, 0) is 12.6 Å². The Morgan fingerprint density at radius 1 is 1.25 bits per heavy atom. The van der Waals surface area contributed by atoms with E-state index in [2.05, 4.69) is 15.3 Å². The molecule has 0 saturated heterocycles. The zero-order valence-corrected chi connectivity index (χ0v) is 16.3. The standard InChI is InChI=1S/C15H17F3N4S.HI/c1-9-5-10(2)7-11(6-9)21-14(19)20-4-3-13-22-12(8-23-13)15(16,17)18;/h5-8H,3-4H2,1-2H3,(H3,19,20,21);1H. The third-order valence-corrected chi connectivity index (χ3v) is 3.85. The van der Waals surface area contributed by atoms with E-state index in [4.69, 9.17) is 5.73 Å². The molecule has 1 aromatic heterocycles. The second-order valence-electron chi connectivity index (χ2n) is 5.14. The van der Waals surface area contributed by atoms with E-state index in [0.29, 0.717) is 11.4 Å². The molecule has 2 aromatic rings. The molecule has 3 N–H and O–H groups in total. The van der Waals surface area contributed by atoms with E-state index < -0.39 is 11.9 Å². The van der Waals surface area contributed by atoms with Crippen LogP contribution < -0.4 is 11.1 Å². The molecule has 2 rings (SSSR count). The van der Waals surface area contributed by atoms with Crippen molar-refractivity contribution >= 4 is 47.0 Å². The van der Waals surface area contributed by atoms with Gasteiger partial charge in [-0.25, -0.2) is 4.98 Å². The maximum atomic E-state index is 12.4. The number of aliphatic imine (C=N–C) groups is 1. The molecular weight excluding hydrogens is 452 g/mol. The molecule has 0 radical (unpaired) electrons. The average molecular weight is 470 g/mol. The number of anilines is 1. The number of aryl methyl sites for hydroxylation is 2. The Bertz CT molecular complexity index is 693. The number of alkyl halides is 3. The van der Waals surface area contributed by atoms with Crippen LogP contribution in [0.5, 0.6) is 0 Å². The van der Waals surface area contributed by atoms with E-state index in [9.17, 15) is 13.2 Å². The number of hydrogen-bond donors (Lipinski definition) is 2. The van der Waals surface area contributed by atoms with E-state index in [1.807, 2.05) is 32.0 Å². The van der Waals surface area contributed by atoms with Gasteiger partial charge in [-0.3, -0.25) is 4.99 Å². The zero-order chi connectivity index (χ0) is 17.0. The van der Waals surface area contributed by atoms with Gasteiger partial charge in [0.1, 0.15) is 0 Å². The number of hydrogen-bond acceptors (Lipinski definition) is 3. The van der Waals surface area contributed by atoms with Crippen molar-refractivity contribution < 1.29 is 13.2 Å². The zero-order valence-electron chi connectivity index (χ0n) is 13.1. The molecule has 0 saturated carbocycles. The Morgan fingerprint density at radius 2 is 1.88 bits per heavy atom. The molecule has 0 fully saturated rings. The lowest BCUT2D eigenvalue weighted by molar-refractivity contribution is -0.140. The lowest BCUT2D eigenvalue weighted by Gasteiger charge is -2.07. The highest BCUT2D eigenvalue weighted by molar-refractivity contribution is 14.0. The van der Waals surface area contributed by atoms with Crippen molar-refractivity contribution in [3.8, 4) is 0 Å². The van der Waals surface area contributed by atoms with Crippen LogP contribution in [0.1, 0.15) is 21.8 Å². The van der Waals surface area contributed by atoms with Crippen LogP contribution in [0.4, 0.5) is 18.9 Å². The molecule has 0 aliphatic rings. The molecule has 0 spiro atoms. The predicted octanol–water partition coefficient (Wildman–Crippen LogP) is 4.37. The Kier molecular flexibility index (Phi) is 7.46. The number of guanidine groups is 1. The van der Waals surface area contributed by atoms with Gasteiger partial charge >= 0.3 is 6.18 Å². The van der Waals surface area contributed by atoms with Crippen molar-refractivity contribution in [2.24, 2.45) is 10.7 Å². The van der Waals surface area contributed by atoms with Gasteiger partial charge < -0.3 is 11.1 Å². The first-order valence-corrected chi connectivity index (χ1v) is 7.79. The normalized spacial score (nSPS) is 12.0. The van der Waals surface area contributed by atoms with Crippen LogP contribution >= 0.6 is 35.3 Å². The SMILES string of the molecule is Cc1cc(C)cc(NC(N)=NCCc2nc(C(F)(F)F)cs2)c1.I. The van der Waals surface area contributed by atoms with Gasteiger partial charge in [0.2, 0.25) is 0 Å². The summed E-state index contributed by atoms with van der Waals surface area (Å²) in [5.74, 6) is 0.225. The minimum Gasteiger partial charge on any atom is -0.370 e. The van der Waals surface area contributed by atoms with Gasteiger partial charge in [0.05, 0.1) is 5.01 Å². The van der Waals surface area contributed by atoms with Gasteiger partial charge in [-0.1, -0.05) is 6.07 Å². The molecule has 0 bridgehead atoms. The predicted molar refractivity (Wildman–Crippen MR) is 102 cm³/mol. The van der Waals surface area contributed by atoms with Crippen molar-refractivity contribution in [3.05, 3.63) is 45.4 Å². The van der Waals surface area contributed by atoms with E-state index >= 15 is 0 Å². The number of thiazole rings is 1. The van der Waals surface area contributed by atoms with E-state index in [1.165, 1.54) is 0 Å². The highest BCUT2D eigenvalue weighted by atomic mass is 127. The van der Waals surface area contributed by atoms with Crippen molar-refractivity contribution in [2.75, 3.05) is 11.9 Å². The van der Waals surface area contributed by atoms with Crippen LogP contribution in [0.3, 0.4) is 0 Å². The number of nitrogens with zero attached hydrogens (tertiary/aromatic N) is 2. The smallest absolute Gasteiger partial charge is 0.370 e. The summed E-state index contributed by atoms with van der Waals surface area (Å²) >= 11 is 0.974. The third kappa shape index (κ3) is 6.27. The van der Waals surface area contributed by atoms with Gasteiger partial charge in [-0.15, -0.1) is 35.3 Å². The molecule has 0 aliphatic heterocycles.